The van der Waals surface area contributed by atoms with Crippen molar-refractivity contribution in [1.82, 2.24) is 4.90 Å². The Morgan fingerprint density at radius 3 is 2.11 bits per heavy atom. The number of carbonyl (C=O) groups excluding carboxylic acids is 1. The summed E-state index contributed by atoms with van der Waals surface area (Å²) >= 11 is 1.80. The van der Waals surface area contributed by atoms with Crippen LogP contribution in [0.1, 0.15) is 17.5 Å². The molecule has 2 atom stereocenters. The minimum absolute atomic E-state index is 0.114. The van der Waals surface area contributed by atoms with Crippen LogP contribution in [0.15, 0.2) is 84.9 Å². The monoisotopic (exact) mass is 519 g/mol. The Hall–Kier alpha value is -3.03. The number of thioether (sulfide) groups is 1. The van der Waals surface area contributed by atoms with Gasteiger partial charge in [-0.1, -0.05) is 105 Å². The van der Waals surface area contributed by atoms with Gasteiger partial charge in [-0.05, 0) is 34.1 Å². The normalized spacial score (nSPS) is 19.8. The highest BCUT2D eigenvalue weighted by molar-refractivity contribution is 8.01. The zero-order valence-electron chi connectivity index (χ0n) is 21.0. The summed E-state index contributed by atoms with van der Waals surface area (Å²) in [5.74, 6) is -0.997. The molecule has 1 fully saturated rings. The molecule has 3 aromatic carbocycles. The summed E-state index contributed by atoms with van der Waals surface area (Å²) in [7, 11) is -1.45. The summed E-state index contributed by atoms with van der Waals surface area (Å²) in [4.78, 5) is 26.8. The first kappa shape index (κ1) is 26.0. The molecule has 0 saturated carbocycles. The molecule has 0 unspecified atom stereocenters. The topological polar surface area (TPSA) is 66.8 Å². The second kappa shape index (κ2) is 10.9. The lowest BCUT2D eigenvalue weighted by molar-refractivity contribution is -0.141. The van der Waals surface area contributed by atoms with E-state index in [1.807, 2.05) is 48.5 Å². The number of rotatable bonds is 8. The molecule has 1 N–H and O–H groups in total. The van der Waals surface area contributed by atoms with Crippen LogP contribution in [-0.2, 0) is 20.9 Å². The third-order valence-electron chi connectivity index (χ3n) is 6.35. The number of carboxylic acids is 1. The quantitative estimate of drug-likeness (QED) is 0.337. The van der Waals surface area contributed by atoms with Gasteiger partial charge in [-0.3, -0.25) is 4.90 Å². The SMILES string of the molecule is C[Si](C)(C)CS[C@@]1(c2ccc(-c3ccccc3)cc2)C[C@@H](C(=O)O)N(C(=O)OCc2ccccc2)C1. The van der Waals surface area contributed by atoms with Crippen molar-refractivity contribution in [3.63, 3.8) is 0 Å². The second-order valence-electron chi connectivity index (χ2n) is 10.5. The molecule has 1 aliphatic rings. The lowest BCUT2D eigenvalue weighted by atomic mass is 9.93. The summed E-state index contributed by atoms with van der Waals surface area (Å²) in [6, 6.07) is 27.1. The number of benzene rings is 3. The van der Waals surface area contributed by atoms with Gasteiger partial charge in [-0.2, -0.15) is 11.8 Å². The van der Waals surface area contributed by atoms with E-state index in [9.17, 15) is 14.7 Å². The molecular formula is C29H33NO4SSi. The van der Waals surface area contributed by atoms with Gasteiger partial charge < -0.3 is 9.84 Å². The first-order valence-electron chi connectivity index (χ1n) is 12.2. The maximum absolute atomic E-state index is 13.1. The number of carboxylic acid groups (broad SMARTS) is 1. The Bertz CT molecular complexity index is 1180. The fourth-order valence-corrected chi connectivity index (χ4v) is 8.08. The van der Waals surface area contributed by atoms with Gasteiger partial charge in [0.1, 0.15) is 12.6 Å². The van der Waals surface area contributed by atoms with Crippen molar-refractivity contribution in [2.45, 2.75) is 43.5 Å². The van der Waals surface area contributed by atoms with Crippen molar-refractivity contribution in [3.05, 3.63) is 96.1 Å². The van der Waals surface area contributed by atoms with Crippen molar-refractivity contribution >= 4 is 31.9 Å². The summed E-state index contributed by atoms with van der Waals surface area (Å²) in [5.41, 5.74) is 4.16. The van der Waals surface area contributed by atoms with Crippen molar-refractivity contribution in [2.75, 3.05) is 11.9 Å². The smallest absolute Gasteiger partial charge is 0.410 e. The van der Waals surface area contributed by atoms with Gasteiger partial charge in [0.05, 0.1) is 12.8 Å². The van der Waals surface area contributed by atoms with E-state index in [0.29, 0.717) is 13.0 Å². The first-order valence-corrected chi connectivity index (χ1v) is 16.9. The summed E-state index contributed by atoms with van der Waals surface area (Å²) in [6.07, 6.45) is -0.231. The number of carbonyl (C=O) groups is 2. The van der Waals surface area contributed by atoms with Gasteiger partial charge in [0.25, 0.3) is 0 Å². The fourth-order valence-electron chi connectivity index (χ4n) is 4.44. The largest absolute Gasteiger partial charge is 0.480 e. The third kappa shape index (κ3) is 6.20. The van der Waals surface area contributed by atoms with E-state index in [1.54, 1.807) is 11.8 Å². The van der Waals surface area contributed by atoms with E-state index in [0.717, 1.165) is 27.6 Å². The predicted octanol–water partition coefficient (Wildman–Crippen LogP) is 6.66. The Labute approximate surface area is 218 Å². The van der Waals surface area contributed by atoms with E-state index in [4.69, 9.17) is 4.74 Å². The zero-order chi connectivity index (χ0) is 25.8. The minimum Gasteiger partial charge on any atom is -0.480 e. The summed E-state index contributed by atoms with van der Waals surface area (Å²) in [5, 5.41) is 11.0. The van der Waals surface area contributed by atoms with Crippen LogP contribution in [-0.4, -0.2) is 48.1 Å². The van der Waals surface area contributed by atoms with E-state index < -0.39 is 30.9 Å². The van der Waals surface area contributed by atoms with Crippen LogP contribution >= 0.6 is 11.8 Å². The molecule has 1 saturated heterocycles. The Balaban J connectivity index is 1.62. The number of ether oxygens (including phenoxy) is 1. The zero-order valence-corrected chi connectivity index (χ0v) is 22.8. The Kier molecular flexibility index (Phi) is 7.90. The van der Waals surface area contributed by atoms with Gasteiger partial charge in [0.2, 0.25) is 0 Å². The van der Waals surface area contributed by atoms with Crippen LogP contribution in [0.2, 0.25) is 19.6 Å². The lowest BCUT2D eigenvalue weighted by Crippen LogP contribution is -2.41. The van der Waals surface area contributed by atoms with Crippen molar-refractivity contribution in [3.8, 4) is 11.1 Å². The van der Waals surface area contributed by atoms with E-state index in [-0.39, 0.29) is 6.61 Å². The maximum atomic E-state index is 13.1. The van der Waals surface area contributed by atoms with Crippen LogP contribution in [0.25, 0.3) is 11.1 Å². The van der Waals surface area contributed by atoms with Crippen LogP contribution in [0.5, 0.6) is 0 Å². The van der Waals surface area contributed by atoms with Crippen LogP contribution in [0.3, 0.4) is 0 Å². The lowest BCUT2D eigenvalue weighted by Gasteiger charge is -2.32. The van der Waals surface area contributed by atoms with Gasteiger partial charge in [-0.15, -0.1) is 0 Å². The fraction of sp³-hybridized carbons (Fsp3) is 0.310. The van der Waals surface area contributed by atoms with Gasteiger partial charge in [0.15, 0.2) is 0 Å². The minimum atomic E-state index is -1.45. The highest BCUT2D eigenvalue weighted by Crippen LogP contribution is 2.48. The van der Waals surface area contributed by atoms with E-state index in [2.05, 4.69) is 56.0 Å². The van der Waals surface area contributed by atoms with Crippen LogP contribution < -0.4 is 0 Å². The number of nitrogens with zero attached hydrogens (tertiary/aromatic N) is 1. The first-order chi connectivity index (χ1) is 17.2. The highest BCUT2D eigenvalue weighted by atomic mass is 32.2. The number of amides is 1. The van der Waals surface area contributed by atoms with Crippen LogP contribution in [0.4, 0.5) is 4.79 Å². The Morgan fingerprint density at radius 2 is 1.53 bits per heavy atom. The number of aliphatic carboxylic acids is 1. The number of likely N-dealkylation sites (tertiary alicyclic amines) is 1. The molecule has 188 valence electrons. The van der Waals surface area contributed by atoms with Crippen molar-refractivity contribution in [2.24, 2.45) is 0 Å². The standard InChI is InChI=1S/C29H33NO4SSi/c1-36(2,3)21-35-29(25-16-14-24(15-17-25)23-12-8-5-9-13-23)18-26(27(31)32)30(20-29)28(33)34-19-22-10-6-4-7-11-22/h4-17,26H,18-21H2,1-3H3,(H,31,32)/t26-,29-/m0/s1. The molecule has 1 heterocycles. The average Bonchev–Trinajstić information content (AvgIpc) is 3.29. The van der Waals surface area contributed by atoms with Crippen molar-refractivity contribution < 1.29 is 19.4 Å². The van der Waals surface area contributed by atoms with Crippen molar-refractivity contribution in [1.29, 1.82) is 0 Å². The molecule has 36 heavy (non-hydrogen) atoms. The molecule has 4 rings (SSSR count). The molecule has 3 aromatic rings. The molecule has 1 amide bonds. The number of hydrogen-bond acceptors (Lipinski definition) is 4. The molecule has 5 nitrogen and oxygen atoms in total. The molecule has 1 aliphatic heterocycles. The van der Waals surface area contributed by atoms with E-state index in [1.165, 1.54) is 4.90 Å². The molecule has 0 aliphatic carbocycles. The molecule has 7 heteroatoms. The molecule has 0 bridgehead atoms. The molecule has 0 spiro atoms. The third-order valence-corrected chi connectivity index (χ3v) is 11.5. The highest BCUT2D eigenvalue weighted by Gasteiger charge is 2.51. The van der Waals surface area contributed by atoms with Gasteiger partial charge >= 0.3 is 12.1 Å². The Morgan fingerprint density at radius 1 is 0.944 bits per heavy atom. The van der Waals surface area contributed by atoms with Gasteiger partial charge in [0, 0.05) is 6.54 Å². The summed E-state index contributed by atoms with van der Waals surface area (Å²) < 4.78 is 5.06. The molecular weight excluding hydrogens is 486 g/mol. The predicted molar refractivity (Wildman–Crippen MR) is 149 cm³/mol. The maximum Gasteiger partial charge on any atom is 0.410 e. The average molecular weight is 520 g/mol. The number of hydrogen-bond donors (Lipinski definition) is 1. The van der Waals surface area contributed by atoms with Crippen LogP contribution in [0, 0.1) is 0 Å². The van der Waals surface area contributed by atoms with E-state index >= 15 is 0 Å². The molecule has 0 aromatic heterocycles. The second-order valence-corrected chi connectivity index (χ2v) is 17.9. The van der Waals surface area contributed by atoms with Gasteiger partial charge in [-0.25, -0.2) is 9.59 Å². The molecule has 0 radical (unpaired) electrons. The summed E-state index contributed by atoms with van der Waals surface area (Å²) in [6.45, 7) is 7.34.